The molecule has 0 aliphatic carbocycles. The quantitative estimate of drug-likeness (QED) is 0.915. The van der Waals surface area contributed by atoms with Crippen molar-refractivity contribution in [1.29, 1.82) is 0 Å². The predicted octanol–water partition coefficient (Wildman–Crippen LogP) is 1.91. The molecule has 110 valence electrons. The Morgan fingerprint density at radius 3 is 2.86 bits per heavy atom. The number of nitrogens with one attached hydrogen (secondary N) is 1. The minimum Gasteiger partial charge on any atom is -0.486 e. The lowest BCUT2D eigenvalue weighted by Crippen LogP contribution is -2.31. The average Bonchev–Trinajstić information content (AvgIpc) is 3.01. The zero-order chi connectivity index (χ0) is 14.2. The van der Waals surface area contributed by atoms with E-state index >= 15 is 0 Å². The first-order valence-electron chi connectivity index (χ1n) is 7.53. The SMILES string of the molecule is CCn1cc(C2NCCc3cc4c(cc32)OCCO4)cn1. The fraction of sp³-hybridized carbons (Fsp3) is 0.438. The molecule has 5 nitrogen and oxygen atoms in total. The van der Waals surface area contributed by atoms with E-state index in [4.69, 9.17) is 9.47 Å². The molecule has 0 saturated heterocycles. The Bertz CT molecular complexity index is 666. The summed E-state index contributed by atoms with van der Waals surface area (Å²) in [5.74, 6) is 1.74. The van der Waals surface area contributed by atoms with Crippen LogP contribution in [0.5, 0.6) is 11.5 Å². The molecule has 1 aromatic carbocycles. The van der Waals surface area contributed by atoms with E-state index < -0.39 is 0 Å². The molecular weight excluding hydrogens is 266 g/mol. The topological polar surface area (TPSA) is 48.3 Å². The van der Waals surface area contributed by atoms with Crippen LogP contribution in [-0.2, 0) is 13.0 Å². The van der Waals surface area contributed by atoms with Gasteiger partial charge in [-0.25, -0.2) is 0 Å². The van der Waals surface area contributed by atoms with Gasteiger partial charge in [0.2, 0.25) is 0 Å². The third-order valence-electron chi connectivity index (χ3n) is 4.17. The fourth-order valence-corrected chi connectivity index (χ4v) is 3.09. The minimum absolute atomic E-state index is 0.185. The van der Waals surface area contributed by atoms with Crippen molar-refractivity contribution in [3.8, 4) is 11.5 Å². The smallest absolute Gasteiger partial charge is 0.161 e. The number of hydrogen-bond acceptors (Lipinski definition) is 4. The minimum atomic E-state index is 0.185. The average molecular weight is 285 g/mol. The lowest BCUT2D eigenvalue weighted by Gasteiger charge is -2.29. The summed E-state index contributed by atoms with van der Waals surface area (Å²) in [6, 6.07) is 4.45. The van der Waals surface area contributed by atoms with Gasteiger partial charge in [-0.2, -0.15) is 5.10 Å². The first-order valence-corrected chi connectivity index (χ1v) is 7.53. The summed E-state index contributed by atoms with van der Waals surface area (Å²) in [4.78, 5) is 0. The van der Waals surface area contributed by atoms with E-state index in [-0.39, 0.29) is 6.04 Å². The van der Waals surface area contributed by atoms with Gasteiger partial charge in [-0.15, -0.1) is 0 Å². The van der Waals surface area contributed by atoms with Gasteiger partial charge in [0.1, 0.15) is 13.2 Å². The molecule has 2 aromatic rings. The van der Waals surface area contributed by atoms with Crippen molar-refractivity contribution in [3.63, 3.8) is 0 Å². The van der Waals surface area contributed by atoms with E-state index in [1.807, 2.05) is 10.9 Å². The Morgan fingerprint density at radius 1 is 1.29 bits per heavy atom. The Balaban J connectivity index is 1.76. The van der Waals surface area contributed by atoms with Crippen LogP contribution in [0.1, 0.15) is 29.7 Å². The van der Waals surface area contributed by atoms with E-state index in [9.17, 15) is 0 Å². The van der Waals surface area contributed by atoms with Crippen LogP contribution in [0.4, 0.5) is 0 Å². The number of aromatic nitrogens is 2. The highest BCUT2D eigenvalue weighted by Gasteiger charge is 2.26. The van der Waals surface area contributed by atoms with Crippen LogP contribution >= 0.6 is 0 Å². The summed E-state index contributed by atoms with van der Waals surface area (Å²) in [6.45, 7) is 5.21. The van der Waals surface area contributed by atoms with Crippen LogP contribution in [0.15, 0.2) is 24.5 Å². The van der Waals surface area contributed by atoms with Crippen molar-refractivity contribution < 1.29 is 9.47 Å². The monoisotopic (exact) mass is 285 g/mol. The summed E-state index contributed by atoms with van der Waals surface area (Å²) < 4.78 is 13.4. The highest BCUT2D eigenvalue weighted by molar-refractivity contribution is 5.51. The third-order valence-corrected chi connectivity index (χ3v) is 4.17. The van der Waals surface area contributed by atoms with Gasteiger partial charge in [-0.3, -0.25) is 4.68 Å². The van der Waals surface area contributed by atoms with E-state index in [1.165, 1.54) is 16.7 Å². The zero-order valence-corrected chi connectivity index (χ0v) is 12.1. The summed E-state index contributed by atoms with van der Waals surface area (Å²) in [7, 11) is 0. The summed E-state index contributed by atoms with van der Waals surface area (Å²) in [6.07, 6.45) is 5.08. The molecule has 4 rings (SSSR count). The van der Waals surface area contributed by atoms with Gasteiger partial charge in [-0.1, -0.05) is 0 Å². The molecular formula is C16H19N3O2. The molecule has 1 atom stereocenters. The lowest BCUT2D eigenvalue weighted by molar-refractivity contribution is 0.171. The Morgan fingerprint density at radius 2 is 2.10 bits per heavy atom. The van der Waals surface area contributed by atoms with Crippen molar-refractivity contribution in [2.24, 2.45) is 0 Å². The molecule has 2 aliphatic rings. The van der Waals surface area contributed by atoms with Gasteiger partial charge in [0.05, 0.1) is 12.2 Å². The second kappa shape index (κ2) is 5.07. The molecule has 1 unspecified atom stereocenters. The first-order chi connectivity index (χ1) is 10.3. The van der Waals surface area contributed by atoms with Crippen molar-refractivity contribution in [1.82, 2.24) is 15.1 Å². The standard InChI is InChI=1S/C16H19N3O2/c1-2-19-10-12(9-18-19)16-13-8-15-14(20-5-6-21-15)7-11(13)3-4-17-16/h7-10,16-17H,2-6H2,1H3. The molecule has 5 heteroatoms. The summed E-state index contributed by atoms with van der Waals surface area (Å²) in [5.41, 5.74) is 3.82. The molecule has 0 radical (unpaired) electrons. The van der Waals surface area contributed by atoms with Crippen LogP contribution in [-0.4, -0.2) is 29.5 Å². The van der Waals surface area contributed by atoms with Gasteiger partial charge in [0.15, 0.2) is 11.5 Å². The van der Waals surface area contributed by atoms with Crippen LogP contribution in [0, 0.1) is 0 Å². The number of benzene rings is 1. The van der Waals surface area contributed by atoms with Crippen LogP contribution in [0.2, 0.25) is 0 Å². The lowest BCUT2D eigenvalue weighted by atomic mass is 9.90. The third kappa shape index (κ3) is 2.17. The molecule has 21 heavy (non-hydrogen) atoms. The highest BCUT2D eigenvalue weighted by Crippen LogP contribution is 2.38. The maximum absolute atomic E-state index is 5.73. The van der Waals surface area contributed by atoms with Gasteiger partial charge < -0.3 is 14.8 Å². The van der Waals surface area contributed by atoms with Crippen LogP contribution in [0.25, 0.3) is 0 Å². The largest absolute Gasteiger partial charge is 0.486 e. The van der Waals surface area contributed by atoms with Crippen molar-refractivity contribution in [3.05, 3.63) is 41.2 Å². The number of aryl methyl sites for hydroxylation is 1. The van der Waals surface area contributed by atoms with Crippen LogP contribution < -0.4 is 14.8 Å². The normalized spacial score (nSPS) is 20.1. The Kier molecular flexibility index (Phi) is 3.07. The number of rotatable bonds is 2. The van der Waals surface area contributed by atoms with Crippen molar-refractivity contribution in [2.75, 3.05) is 19.8 Å². The number of nitrogens with zero attached hydrogens (tertiary/aromatic N) is 2. The van der Waals surface area contributed by atoms with E-state index in [0.717, 1.165) is 31.0 Å². The van der Waals surface area contributed by atoms with E-state index in [2.05, 4.69) is 35.7 Å². The van der Waals surface area contributed by atoms with Gasteiger partial charge in [0, 0.05) is 24.8 Å². The second-order valence-electron chi connectivity index (χ2n) is 5.46. The van der Waals surface area contributed by atoms with Gasteiger partial charge in [0.25, 0.3) is 0 Å². The van der Waals surface area contributed by atoms with Crippen molar-refractivity contribution in [2.45, 2.75) is 25.9 Å². The molecule has 0 fully saturated rings. The van der Waals surface area contributed by atoms with Gasteiger partial charge >= 0.3 is 0 Å². The first kappa shape index (κ1) is 12.7. The number of ether oxygens (including phenoxy) is 2. The van der Waals surface area contributed by atoms with Gasteiger partial charge in [-0.05, 0) is 36.6 Å². The van der Waals surface area contributed by atoms with E-state index in [0.29, 0.717) is 13.2 Å². The zero-order valence-electron chi connectivity index (χ0n) is 12.1. The highest BCUT2D eigenvalue weighted by atomic mass is 16.6. The molecule has 1 N–H and O–H groups in total. The summed E-state index contributed by atoms with van der Waals surface area (Å²) >= 11 is 0. The van der Waals surface area contributed by atoms with Crippen LogP contribution in [0.3, 0.4) is 0 Å². The second-order valence-corrected chi connectivity index (χ2v) is 5.46. The Hall–Kier alpha value is -2.01. The number of hydrogen-bond donors (Lipinski definition) is 1. The molecule has 0 amide bonds. The maximum atomic E-state index is 5.73. The Labute approximate surface area is 123 Å². The molecule has 0 bridgehead atoms. The molecule has 3 heterocycles. The van der Waals surface area contributed by atoms with E-state index in [1.54, 1.807) is 0 Å². The molecule has 2 aliphatic heterocycles. The summed E-state index contributed by atoms with van der Waals surface area (Å²) in [5, 5.41) is 7.98. The number of fused-ring (bicyclic) bond motifs is 2. The predicted molar refractivity (Wildman–Crippen MR) is 78.9 cm³/mol. The maximum Gasteiger partial charge on any atom is 0.161 e. The molecule has 1 aromatic heterocycles. The van der Waals surface area contributed by atoms with Crippen molar-refractivity contribution >= 4 is 0 Å². The molecule has 0 saturated carbocycles. The fourth-order valence-electron chi connectivity index (χ4n) is 3.09. The molecule has 0 spiro atoms.